The van der Waals surface area contributed by atoms with Crippen LogP contribution in [0.4, 0.5) is 5.69 Å². The predicted octanol–water partition coefficient (Wildman–Crippen LogP) is 2.57. The minimum Gasteiger partial charge on any atom is -0.347 e. The number of aromatic nitrogens is 1. The van der Waals surface area contributed by atoms with Crippen LogP contribution in [0, 0.1) is 22.5 Å². The monoisotopic (exact) mass is 214 g/mol. The third kappa shape index (κ3) is 1.75. The highest BCUT2D eigenvalue weighted by molar-refractivity contribution is 5.82. The van der Waals surface area contributed by atoms with Crippen LogP contribution in [0.5, 0.6) is 0 Å². The quantitative estimate of drug-likeness (QED) is 0.448. The van der Waals surface area contributed by atoms with Crippen molar-refractivity contribution in [3.8, 4) is 12.3 Å². The molecular weight excluding hydrogens is 204 g/mol. The lowest BCUT2D eigenvalue weighted by atomic mass is 10.2. The van der Waals surface area contributed by atoms with Crippen LogP contribution in [-0.2, 0) is 6.54 Å². The fourth-order valence-electron chi connectivity index (χ4n) is 1.68. The molecule has 0 bridgehead atoms. The molecule has 0 fully saturated rings. The first-order chi connectivity index (χ1) is 7.72. The Bertz CT molecular complexity index is 578. The summed E-state index contributed by atoms with van der Waals surface area (Å²) in [6.45, 7) is 0.734. The molecule has 0 aliphatic carbocycles. The number of aryl methyl sites for hydroxylation is 1. The molecule has 0 amide bonds. The van der Waals surface area contributed by atoms with E-state index < -0.39 is 4.92 Å². The molecule has 0 radical (unpaired) electrons. The molecule has 0 saturated carbocycles. The average molecular weight is 214 g/mol. The Labute approximate surface area is 92.6 Å². The Kier molecular flexibility index (Phi) is 2.61. The summed E-state index contributed by atoms with van der Waals surface area (Å²) in [6, 6.07) is 6.69. The predicted molar refractivity (Wildman–Crippen MR) is 62.0 cm³/mol. The van der Waals surface area contributed by atoms with Gasteiger partial charge in [0.1, 0.15) is 0 Å². The second-order valence-corrected chi connectivity index (χ2v) is 3.46. The Balaban J connectivity index is 2.43. The second-order valence-electron chi connectivity index (χ2n) is 3.46. The van der Waals surface area contributed by atoms with Gasteiger partial charge in [-0.1, -0.05) is 0 Å². The van der Waals surface area contributed by atoms with Crippen molar-refractivity contribution in [2.75, 3.05) is 0 Å². The van der Waals surface area contributed by atoms with E-state index in [2.05, 4.69) is 5.92 Å². The Morgan fingerprint density at radius 2 is 2.25 bits per heavy atom. The average Bonchev–Trinajstić information content (AvgIpc) is 2.68. The summed E-state index contributed by atoms with van der Waals surface area (Å²) in [5.41, 5.74) is 1.09. The van der Waals surface area contributed by atoms with E-state index in [0.717, 1.165) is 17.4 Å². The molecule has 16 heavy (non-hydrogen) atoms. The fourth-order valence-corrected chi connectivity index (χ4v) is 1.68. The smallest absolute Gasteiger partial charge is 0.270 e. The van der Waals surface area contributed by atoms with Crippen LogP contribution in [0.15, 0.2) is 30.5 Å². The normalized spacial score (nSPS) is 10.2. The van der Waals surface area contributed by atoms with E-state index in [1.807, 2.05) is 16.8 Å². The highest BCUT2D eigenvalue weighted by Crippen LogP contribution is 2.21. The number of non-ortho nitro benzene ring substituents is 1. The van der Waals surface area contributed by atoms with Gasteiger partial charge in [0.25, 0.3) is 5.69 Å². The maximum Gasteiger partial charge on any atom is 0.270 e. The first kappa shape index (κ1) is 10.2. The summed E-state index contributed by atoms with van der Waals surface area (Å²) in [5.74, 6) is 2.57. The van der Waals surface area contributed by atoms with Gasteiger partial charge in [-0.15, -0.1) is 12.3 Å². The lowest BCUT2D eigenvalue weighted by molar-refractivity contribution is -0.384. The first-order valence-corrected chi connectivity index (χ1v) is 4.89. The number of fused-ring (bicyclic) bond motifs is 1. The van der Waals surface area contributed by atoms with Crippen LogP contribution >= 0.6 is 0 Å². The molecule has 0 aliphatic heterocycles. The van der Waals surface area contributed by atoms with Crippen molar-refractivity contribution in [2.24, 2.45) is 0 Å². The molecule has 80 valence electrons. The Hall–Kier alpha value is -2.28. The van der Waals surface area contributed by atoms with Crippen LogP contribution in [0.3, 0.4) is 0 Å². The van der Waals surface area contributed by atoms with E-state index in [1.54, 1.807) is 12.1 Å². The first-order valence-electron chi connectivity index (χ1n) is 4.89. The molecule has 1 aromatic heterocycles. The SMILES string of the molecule is C#CCCn1ccc2cc([N+](=O)[O-])ccc21. The fraction of sp³-hybridized carbons (Fsp3) is 0.167. The van der Waals surface area contributed by atoms with Crippen molar-refractivity contribution in [3.05, 3.63) is 40.6 Å². The molecular formula is C12H10N2O2. The molecule has 0 spiro atoms. The maximum atomic E-state index is 10.6. The molecule has 2 aromatic rings. The molecule has 0 aliphatic rings. The van der Waals surface area contributed by atoms with Crippen molar-refractivity contribution >= 4 is 16.6 Å². The van der Waals surface area contributed by atoms with Crippen LogP contribution in [-0.4, -0.2) is 9.49 Å². The molecule has 0 N–H and O–H groups in total. The molecule has 4 nitrogen and oxygen atoms in total. The lowest BCUT2D eigenvalue weighted by Gasteiger charge is -2.01. The van der Waals surface area contributed by atoms with Gasteiger partial charge in [0.15, 0.2) is 0 Å². The van der Waals surface area contributed by atoms with Crippen molar-refractivity contribution < 1.29 is 4.92 Å². The van der Waals surface area contributed by atoms with Gasteiger partial charge in [-0.3, -0.25) is 10.1 Å². The van der Waals surface area contributed by atoms with Gasteiger partial charge in [-0.2, -0.15) is 0 Å². The van der Waals surface area contributed by atoms with Crippen molar-refractivity contribution in [1.82, 2.24) is 4.57 Å². The van der Waals surface area contributed by atoms with Gasteiger partial charge in [-0.05, 0) is 12.1 Å². The molecule has 0 atom stereocenters. The van der Waals surface area contributed by atoms with Crippen LogP contribution in [0.25, 0.3) is 10.9 Å². The van der Waals surface area contributed by atoms with E-state index in [9.17, 15) is 10.1 Å². The summed E-state index contributed by atoms with van der Waals surface area (Å²) < 4.78 is 2.00. The molecule has 1 heterocycles. The topological polar surface area (TPSA) is 48.1 Å². The number of hydrogen-bond donors (Lipinski definition) is 0. The largest absolute Gasteiger partial charge is 0.347 e. The summed E-state index contributed by atoms with van der Waals surface area (Å²) >= 11 is 0. The summed E-state index contributed by atoms with van der Waals surface area (Å²) in [6.07, 6.45) is 7.75. The molecule has 0 saturated heterocycles. The number of rotatable bonds is 3. The van der Waals surface area contributed by atoms with Gasteiger partial charge in [0, 0.05) is 42.2 Å². The van der Waals surface area contributed by atoms with Gasteiger partial charge >= 0.3 is 0 Å². The summed E-state index contributed by atoms with van der Waals surface area (Å²) in [5, 5.41) is 11.5. The van der Waals surface area contributed by atoms with Crippen molar-refractivity contribution in [2.45, 2.75) is 13.0 Å². The van der Waals surface area contributed by atoms with Gasteiger partial charge in [-0.25, -0.2) is 0 Å². The van der Waals surface area contributed by atoms with Gasteiger partial charge in [0.05, 0.1) is 4.92 Å². The number of nitro groups is 1. The van der Waals surface area contributed by atoms with E-state index in [0.29, 0.717) is 6.42 Å². The Morgan fingerprint density at radius 1 is 1.44 bits per heavy atom. The van der Waals surface area contributed by atoms with Crippen molar-refractivity contribution in [3.63, 3.8) is 0 Å². The number of hydrogen-bond acceptors (Lipinski definition) is 2. The molecule has 1 aromatic carbocycles. The molecule has 4 heteroatoms. The van der Waals surface area contributed by atoms with E-state index >= 15 is 0 Å². The van der Waals surface area contributed by atoms with Gasteiger partial charge < -0.3 is 4.57 Å². The zero-order chi connectivity index (χ0) is 11.5. The second kappa shape index (κ2) is 4.07. The van der Waals surface area contributed by atoms with Crippen molar-refractivity contribution in [1.29, 1.82) is 0 Å². The Morgan fingerprint density at radius 3 is 2.94 bits per heavy atom. The lowest BCUT2D eigenvalue weighted by Crippen LogP contribution is -1.94. The summed E-state index contributed by atoms with van der Waals surface area (Å²) in [4.78, 5) is 10.2. The minimum atomic E-state index is -0.391. The number of terminal acetylenes is 1. The third-order valence-electron chi connectivity index (χ3n) is 2.46. The zero-order valence-electron chi connectivity index (χ0n) is 8.59. The standard InChI is InChI=1S/C12H10N2O2/c1-2-3-7-13-8-6-10-9-11(14(15)16)4-5-12(10)13/h1,4-6,8-9H,3,7H2. The molecule has 2 rings (SSSR count). The highest BCUT2D eigenvalue weighted by atomic mass is 16.6. The van der Waals surface area contributed by atoms with E-state index in [-0.39, 0.29) is 5.69 Å². The number of nitrogens with zero attached hydrogens (tertiary/aromatic N) is 2. The van der Waals surface area contributed by atoms with Crippen LogP contribution < -0.4 is 0 Å². The molecule has 0 unspecified atom stereocenters. The van der Waals surface area contributed by atoms with Crippen LogP contribution in [0.1, 0.15) is 6.42 Å². The number of nitro benzene ring substituents is 1. The van der Waals surface area contributed by atoms with Crippen LogP contribution in [0.2, 0.25) is 0 Å². The maximum absolute atomic E-state index is 10.6. The van der Waals surface area contributed by atoms with Gasteiger partial charge in [0.2, 0.25) is 0 Å². The zero-order valence-corrected chi connectivity index (χ0v) is 8.59. The van der Waals surface area contributed by atoms with E-state index in [4.69, 9.17) is 6.42 Å². The van der Waals surface area contributed by atoms with E-state index in [1.165, 1.54) is 6.07 Å². The summed E-state index contributed by atoms with van der Waals surface area (Å²) in [7, 11) is 0. The minimum absolute atomic E-state index is 0.113. The highest BCUT2D eigenvalue weighted by Gasteiger charge is 2.08. The number of benzene rings is 1. The third-order valence-corrected chi connectivity index (χ3v) is 2.46.